The van der Waals surface area contributed by atoms with Crippen LogP contribution in [0.15, 0.2) is 48.8 Å². The molecule has 2 aromatic carbocycles. The summed E-state index contributed by atoms with van der Waals surface area (Å²) in [4.78, 5) is 33.7. The number of likely N-dealkylation sites (tertiary alicyclic amines) is 1. The molecule has 0 unspecified atom stereocenters. The van der Waals surface area contributed by atoms with Crippen LogP contribution < -0.4 is 4.74 Å². The number of hydrogen-bond donors (Lipinski definition) is 0. The van der Waals surface area contributed by atoms with Crippen LogP contribution in [0.4, 0.5) is 13.2 Å². The highest BCUT2D eigenvalue weighted by Gasteiger charge is 2.45. The molecule has 208 valence electrons. The van der Waals surface area contributed by atoms with Crippen LogP contribution in [0.5, 0.6) is 5.75 Å². The highest BCUT2D eigenvalue weighted by molar-refractivity contribution is 5.90. The summed E-state index contributed by atoms with van der Waals surface area (Å²) in [6.45, 7) is 6.66. The van der Waals surface area contributed by atoms with Gasteiger partial charge in [-0.15, -0.1) is 0 Å². The molecule has 1 aromatic heterocycles. The average Bonchev–Trinajstić information content (AvgIpc) is 2.89. The van der Waals surface area contributed by atoms with Crippen molar-refractivity contribution < 1.29 is 32.2 Å². The summed E-state index contributed by atoms with van der Waals surface area (Å²) >= 11 is 0. The van der Waals surface area contributed by atoms with Crippen molar-refractivity contribution in [3.05, 3.63) is 65.5 Å². The molecule has 1 aliphatic rings. The van der Waals surface area contributed by atoms with Crippen molar-refractivity contribution in [2.45, 2.75) is 46.0 Å². The Bertz CT molecular complexity index is 1440. The van der Waals surface area contributed by atoms with Crippen molar-refractivity contribution in [1.29, 1.82) is 5.26 Å². The smallest absolute Gasteiger partial charge is 0.490 e. The van der Waals surface area contributed by atoms with Crippen molar-refractivity contribution in [3.63, 3.8) is 0 Å². The standard InChI is InChI=1S/C29H27F3N4O4/c1-4-23-19(14-36-15-22(16-36)27(37)40-28(38)29(30,31)32)6-5-7-24(23)21-12-34-26(35-13-21)18-8-9-25(39-17(2)3)20(10-18)11-33/h5-10,12-13,17,22H,4,14-16H2,1-3H3. The number of hydrogen-bond acceptors (Lipinski definition) is 8. The molecule has 40 heavy (non-hydrogen) atoms. The van der Waals surface area contributed by atoms with Crippen molar-refractivity contribution in [1.82, 2.24) is 14.9 Å². The third-order valence-electron chi connectivity index (χ3n) is 6.42. The average molecular weight is 553 g/mol. The van der Waals surface area contributed by atoms with E-state index in [1.54, 1.807) is 30.6 Å². The van der Waals surface area contributed by atoms with Crippen molar-refractivity contribution in [2.24, 2.45) is 5.92 Å². The Morgan fingerprint density at radius 3 is 2.42 bits per heavy atom. The van der Waals surface area contributed by atoms with Gasteiger partial charge in [-0.3, -0.25) is 9.69 Å². The second-order valence-electron chi connectivity index (χ2n) is 9.68. The number of aromatic nitrogens is 2. The number of benzene rings is 2. The minimum atomic E-state index is -5.20. The number of esters is 2. The molecule has 3 aromatic rings. The first-order chi connectivity index (χ1) is 19.0. The Morgan fingerprint density at radius 2 is 1.82 bits per heavy atom. The number of nitriles is 1. The van der Waals surface area contributed by atoms with Gasteiger partial charge in [0.25, 0.3) is 0 Å². The van der Waals surface area contributed by atoms with Gasteiger partial charge in [-0.05, 0) is 55.2 Å². The molecule has 0 amide bonds. The minimum Gasteiger partial charge on any atom is -0.490 e. The first kappa shape index (κ1) is 28.7. The number of carbonyl (C=O) groups is 2. The van der Waals surface area contributed by atoms with E-state index < -0.39 is 24.0 Å². The molecule has 0 aliphatic carbocycles. The lowest BCUT2D eigenvalue weighted by atomic mass is 9.93. The number of halogens is 3. The van der Waals surface area contributed by atoms with Crippen LogP contribution in [-0.4, -0.2) is 52.2 Å². The Kier molecular flexibility index (Phi) is 8.49. The van der Waals surface area contributed by atoms with Crippen LogP contribution >= 0.6 is 0 Å². The summed E-state index contributed by atoms with van der Waals surface area (Å²) in [6, 6.07) is 13.2. The van der Waals surface area contributed by atoms with E-state index in [2.05, 4.69) is 20.8 Å². The monoisotopic (exact) mass is 552 g/mol. The van der Waals surface area contributed by atoms with E-state index in [0.717, 1.165) is 22.3 Å². The van der Waals surface area contributed by atoms with Gasteiger partial charge in [0.05, 0.1) is 17.6 Å². The molecule has 2 heterocycles. The van der Waals surface area contributed by atoms with Crippen LogP contribution in [0, 0.1) is 17.2 Å². The lowest BCUT2D eigenvalue weighted by molar-refractivity contribution is -0.204. The van der Waals surface area contributed by atoms with E-state index in [0.29, 0.717) is 35.7 Å². The van der Waals surface area contributed by atoms with E-state index in [-0.39, 0.29) is 19.2 Å². The topological polar surface area (TPSA) is 105 Å². The van der Waals surface area contributed by atoms with Gasteiger partial charge in [0.2, 0.25) is 0 Å². The summed E-state index contributed by atoms with van der Waals surface area (Å²) in [5.41, 5.74) is 4.89. The van der Waals surface area contributed by atoms with E-state index in [9.17, 15) is 28.0 Å². The Hall–Kier alpha value is -4.30. The summed E-state index contributed by atoms with van der Waals surface area (Å²) in [6.07, 6.45) is -1.12. The zero-order valence-corrected chi connectivity index (χ0v) is 22.2. The number of carbonyl (C=O) groups excluding carboxylic acids is 2. The molecule has 1 aliphatic heterocycles. The highest BCUT2D eigenvalue weighted by atomic mass is 19.4. The van der Waals surface area contributed by atoms with Crippen LogP contribution in [-0.2, 0) is 27.3 Å². The van der Waals surface area contributed by atoms with Gasteiger partial charge in [0, 0.05) is 43.2 Å². The molecule has 0 N–H and O–H groups in total. The first-order valence-electron chi connectivity index (χ1n) is 12.7. The maximum absolute atomic E-state index is 12.3. The Balaban J connectivity index is 1.46. The van der Waals surface area contributed by atoms with Crippen molar-refractivity contribution in [2.75, 3.05) is 13.1 Å². The van der Waals surface area contributed by atoms with Crippen LogP contribution in [0.2, 0.25) is 0 Å². The van der Waals surface area contributed by atoms with Gasteiger partial charge in [0.15, 0.2) is 5.82 Å². The fourth-order valence-corrected chi connectivity index (χ4v) is 4.52. The molecule has 0 spiro atoms. The van der Waals surface area contributed by atoms with Crippen molar-refractivity contribution in [3.8, 4) is 34.3 Å². The summed E-state index contributed by atoms with van der Waals surface area (Å²) in [5, 5.41) is 9.52. The molecule has 0 saturated carbocycles. The molecule has 8 nitrogen and oxygen atoms in total. The molecule has 0 atom stereocenters. The Morgan fingerprint density at radius 1 is 1.12 bits per heavy atom. The number of ether oxygens (including phenoxy) is 2. The quantitative estimate of drug-likeness (QED) is 0.281. The van der Waals surface area contributed by atoms with Gasteiger partial charge in [-0.2, -0.15) is 18.4 Å². The molecule has 11 heteroatoms. The van der Waals surface area contributed by atoms with Gasteiger partial charge >= 0.3 is 18.1 Å². The SMILES string of the molecule is CCc1c(CN2CC(C(=O)OC(=O)C(F)(F)F)C2)cccc1-c1cnc(-c2ccc(OC(C)C)c(C#N)c2)nc1. The number of nitrogens with zero attached hydrogens (tertiary/aromatic N) is 4. The molecule has 4 rings (SSSR count). The van der Waals surface area contributed by atoms with Gasteiger partial charge in [-0.25, -0.2) is 14.8 Å². The molecule has 1 fully saturated rings. The molecular formula is C29H27F3N4O4. The normalized spacial score (nSPS) is 13.9. The summed E-state index contributed by atoms with van der Waals surface area (Å²) < 4.78 is 46.7. The summed E-state index contributed by atoms with van der Waals surface area (Å²) in [5.74, 6) is -3.47. The predicted molar refractivity (Wildman–Crippen MR) is 139 cm³/mol. The third kappa shape index (κ3) is 6.46. The van der Waals surface area contributed by atoms with E-state index >= 15 is 0 Å². The molecule has 0 radical (unpaired) electrons. The third-order valence-corrected chi connectivity index (χ3v) is 6.42. The molecular weight excluding hydrogens is 525 g/mol. The lowest BCUT2D eigenvalue weighted by Crippen LogP contribution is -2.51. The van der Waals surface area contributed by atoms with Crippen molar-refractivity contribution >= 4 is 11.9 Å². The fraction of sp³-hybridized carbons (Fsp3) is 0.345. The summed E-state index contributed by atoms with van der Waals surface area (Å²) in [7, 11) is 0. The van der Waals surface area contributed by atoms with E-state index in [1.165, 1.54) is 0 Å². The predicted octanol–water partition coefficient (Wildman–Crippen LogP) is 5.10. The maximum atomic E-state index is 12.3. The van der Waals surface area contributed by atoms with Crippen LogP contribution in [0.1, 0.15) is 37.5 Å². The van der Waals surface area contributed by atoms with Crippen LogP contribution in [0.25, 0.3) is 22.5 Å². The molecule has 1 saturated heterocycles. The maximum Gasteiger partial charge on any atom is 0.491 e. The van der Waals surface area contributed by atoms with Gasteiger partial charge in [-0.1, -0.05) is 25.1 Å². The van der Waals surface area contributed by atoms with Crippen LogP contribution in [0.3, 0.4) is 0 Å². The number of alkyl halides is 3. The number of rotatable bonds is 8. The fourth-order valence-electron chi connectivity index (χ4n) is 4.52. The largest absolute Gasteiger partial charge is 0.491 e. The lowest BCUT2D eigenvalue weighted by Gasteiger charge is -2.37. The zero-order valence-electron chi connectivity index (χ0n) is 22.2. The minimum absolute atomic E-state index is 0.0648. The highest BCUT2D eigenvalue weighted by Crippen LogP contribution is 2.31. The second kappa shape index (κ2) is 11.8. The molecule has 0 bridgehead atoms. The van der Waals surface area contributed by atoms with Gasteiger partial charge < -0.3 is 9.47 Å². The van der Waals surface area contributed by atoms with Gasteiger partial charge in [0.1, 0.15) is 11.8 Å². The van der Waals surface area contributed by atoms with E-state index in [4.69, 9.17) is 4.74 Å². The second-order valence-corrected chi connectivity index (χ2v) is 9.68. The van der Waals surface area contributed by atoms with E-state index in [1.807, 2.05) is 43.9 Å². The first-order valence-corrected chi connectivity index (χ1v) is 12.7. The zero-order chi connectivity index (χ0) is 29.0. The Labute approximate surface area is 229 Å².